The smallest absolute Gasteiger partial charge is 0.253 e. The number of nitriles is 1. The molecule has 1 aromatic heterocycles. The van der Waals surface area contributed by atoms with Crippen molar-refractivity contribution >= 4 is 28.0 Å². The summed E-state index contributed by atoms with van der Waals surface area (Å²) in [6.45, 7) is 5.60. The fourth-order valence-corrected chi connectivity index (χ4v) is 5.63. The van der Waals surface area contributed by atoms with Gasteiger partial charge in [-0.3, -0.25) is 4.79 Å². The Labute approximate surface area is 206 Å². The van der Waals surface area contributed by atoms with Gasteiger partial charge in [0.25, 0.3) is 5.56 Å². The molecule has 3 aromatic rings. The standard InChI is InChI=1S/C28H33N5O2/c1-18-12-23-24(32(4)28(18)34)14-21(35-5)15-25(23)33-11-10-31(3)26-16-22(20(17-29)13-27(26)33)19-6-8-30(2)9-7-19/h12-16,19H,6-11H2,1-5H3. The number of ether oxygens (including phenoxy) is 1. The minimum atomic E-state index is -0.00924. The summed E-state index contributed by atoms with van der Waals surface area (Å²) in [5.74, 6) is 1.11. The number of aryl methyl sites for hydroxylation is 2. The lowest BCUT2D eigenvalue weighted by Crippen LogP contribution is -2.37. The Hall–Kier alpha value is -3.50. The molecular weight excluding hydrogens is 438 g/mol. The molecule has 1 fully saturated rings. The van der Waals surface area contributed by atoms with E-state index in [1.807, 2.05) is 25.1 Å². The number of nitrogens with zero attached hydrogens (tertiary/aromatic N) is 5. The second kappa shape index (κ2) is 8.94. The molecule has 3 heterocycles. The van der Waals surface area contributed by atoms with Gasteiger partial charge in [-0.25, -0.2) is 0 Å². The third kappa shape index (κ3) is 3.92. The third-order valence-corrected chi connectivity index (χ3v) is 7.79. The van der Waals surface area contributed by atoms with Crippen LogP contribution in [0.3, 0.4) is 0 Å². The van der Waals surface area contributed by atoms with Crippen LogP contribution < -0.4 is 20.1 Å². The number of aromatic nitrogens is 1. The van der Waals surface area contributed by atoms with Gasteiger partial charge in [0.05, 0.1) is 41.3 Å². The Morgan fingerprint density at radius 1 is 0.943 bits per heavy atom. The molecule has 0 amide bonds. The number of pyridine rings is 1. The van der Waals surface area contributed by atoms with E-state index in [1.54, 1.807) is 18.7 Å². The SMILES string of the molecule is COc1cc(N2CCN(C)c3cc(C4CCN(C)CC4)c(C#N)cc32)c2cc(C)c(=O)n(C)c2c1. The topological polar surface area (TPSA) is 64.7 Å². The van der Waals surface area contributed by atoms with Crippen LogP contribution in [0.5, 0.6) is 5.75 Å². The van der Waals surface area contributed by atoms with E-state index in [-0.39, 0.29) is 5.56 Å². The van der Waals surface area contributed by atoms with Crippen molar-refractivity contribution in [2.45, 2.75) is 25.7 Å². The number of benzene rings is 2. The van der Waals surface area contributed by atoms with E-state index in [9.17, 15) is 10.1 Å². The van der Waals surface area contributed by atoms with E-state index in [0.717, 1.165) is 72.5 Å². The van der Waals surface area contributed by atoms with Crippen LogP contribution in [-0.2, 0) is 7.05 Å². The molecule has 0 N–H and O–H groups in total. The molecule has 7 nitrogen and oxygen atoms in total. The van der Waals surface area contributed by atoms with Gasteiger partial charge in [-0.1, -0.05) is 0 Å². The molecule has 0 aliphatic carbocycles. The number of methoxy groups -OCH3 is 1. The zero-order valence-electron chi connectivity index (χ0n) is 21.3. The molecule has 0 atom stereocenters. The molecule has 0 radical (unpaired) electrons. The Morgan fingerprint density at radius 3 is 2.37 bits per heavy atom. The molecule has 2 aliphatic heterocycles. The van der Waals surface area contributed by atoms with Crippen molar-refractivity contribution in [1.82, 2.24) is 9.47 Å². The summed E-state index contributed by atoms with van der Waals surface area (Å²) in [7, 11) is 7.74. The van der Waals surface area contributed by atoms with E-state index >= 15 is 0 Å². The number of rotatable bonds is 3. The second-order valence-corrected chi connectivity index (χ2v) is 9.96. The first-order valence-electron chi connectivity index (χ1n) is 12.3. The lowest BCUT2D eigenvalue weighted by Gasteiger charge is -2.39. The predicted octanol–water partition coefficient (Wildman–Crippen LogP) is 4.12. The van der Waals surface area contributed by atoms with Crippen LogP contribution in [0.15, 0.2) is 35.1 Å². The molecule has 5 rings (SSSR count). The fourth-order valence-electron chi connectivity index (χ4n) is 5.63. The normalized spacial score (nSPS) is 16.9. The summed E-state index contributed by atoms with van der Waals surface area (Å²) < 4.78 is 7.32. The van der Waals surface area contributed by atoms with Crippen LogP contribution >= 0.6 is 0 Å². The van der Waals surface area contributed by atoms with E-state index in [1.165, 1.54) is 5.56 Å². The number of likely N-dealkylation sites (N-methyl/N-ethyl adjacent to an activating group) is 1. The third-order valence-electron chi connectivity index (χ3n) is 7.79. The van der Waals surface area contributed by atoms with Crippen LogP contribution in [0, 0.1) is 18.3 Å². The number of hydrogen-bond donors (Lipinski definition) is 0. The zero-order valence-corrected chi connectivity index (χ0v) is 21.3. The highest BCUT2D eigenvalue weighted by Gasteiger charge is 2.29. The van der Waals surface area contributed by atoms with Gasteiger partial charge in [0.2, 0.25) is 0 Å². The summed E-state index contributed by atoms with van der Waals surface area (Å²) in [4.78, 5) is 19.6. The molecule has 2 aliphatic rings. The summed E-state index contributed by atoms with van der Waals surface area (Å²) >= 11 is 0. The average Bonchev–Trinajstić information content (AvgIpc) is 2.87. The minimum Gasteiger partial charge on any atom is -0.497 e. The monoisotopic (exact) mass is 471 g/mol. The highest BCUT2D eigenvalue weighted by atomic mass is 16.5. The van der Waals surface area contributed by atoms with Gasteiger partial charge in [0, 0.05) is 50.3 Å². The Morgan fingerprint density at radius 2 is 1.69 bits per heavy atom. The number of hydrogen-bond acceptors (Lipinski definition) is 6. The van der Waals surface area contributed by atoms with Gasteiger partial charge >= 0.3 is 0 Å². The van der Waals surface area contributed by atoms with Crippen molar-refractivity contribution in [2.24, 2.45) is 7.05 Å². The summed E-state index contributed by atoms with van der Waals surface area (Å²) in [5.41, 5.74) is 6.61. The van der Waals surface area contributed by atoms with Crippen molar-refractivity contribution in [3.63, 3.8) is 0 Å². The molecular formula is C28H33N5O2. The number of piperidine rings is 1. The number of anilines is 3. The predicted molar refractivity (Wildman–Crippen MR) is 141 cm³/mol. The van der Waals surface area contributed by atoms with Crippen molar-refractivity contribution in [1.29, 1.82) is 5.26 Å². The molecule has 0 spiro atoms. The summed E-state index contributed by atoms with van der Waals surface area (Å²) in [5, 5.41) is 11.1. The lowest BCUT2D eigenvalue weighted by molar-refractivity contribution is 0.255. The van der Waals surface area contributed by atoms with Gasteiger partial charge in [0.15, 0.2) is 0 Å². The van der Waals surface area contributed by atoms with Crippen molar-refractivity contribution in [3.8, 4) is 11.8 Å². The van der Waals surface area contributed by atoms with E-state index in [4.69, 9.17) is 4.74 Å². The van der Waals surface area contributed by atoms with Gasteiger partial charge in [-0.2, -0.15) is 5.26 Å². The van der Waals surface area contributed by atoms with Gasteiger partial charge in [-0.05, 0) is 69.6 Å². The lowest BCUT2D eigenvalue weighted by atomic mass is 9.85. The van der Waals surface area contributed by atoms with Gasteiger partial charge < -0.3 is 24.0 Å². The van der Waals surface area contributed by atoms with Gasteiger partial charge in [-0.15, -0.1) is 0 Å². The molecule has 7 heteroatoms. The highest BCUT2D eigenvalue weighted by molar-refractivity contribution is 5.98. The Kier molecular flexibility index (Phi) is 5.94. The molecule has 182 valence electrons. The van der Waals surface area contributed by atoms with Crippen molar-refractivity contribution < 1.29 is 4.74 Å². The second-order valence-electron chi connectivity index (χ2n) is 9.96. The van der Waals surface area contributed by atoms with Crippen molar-refractivity contribution in [2.75, 3.05) is 57.2 Å². The first kappa shape index (κ1) is 23.3. The quantitative estimate of drug-likeness (QED) is 0.573. The molecule has 0 bridgehead atoms. The molecule has 0 saturated carbocycles. The maximum atomic E-state index is 12.7. The molecule has 1 saturated heterocycles. The fraction of sp³-hybridized carbons (Fsp3) is 0.429. The van der Waals surface area contributed by atoms with E-state index < -0.39 is 0 Å². The maximum absolute atomic E-state index is 12.7. The number of fused-ring (bicyclic) bond motifs is 2. The zero-order chi connectivity index (χ0) is 24.9. The van der Waals surface area contributed by atoms with Crippen LogP contribution in [0.4, 0.5) is 17.1 Å². The van der Waals surface area contributed by atoms with Crippen LogP contribution in [0.25, 0.3) is 10.9 Å². The molecule has 2 aromatic carbocycles. The van der Waals surface area contributed by atoms with E-state index in [2.05, 4.69) is 47.0 Å². The maximum Gasteiger partial charge on any atom is 0.253 e. The largest absolute Gasteiger partial charge is 0.497 e. The van der Waals surface area contributed by atoms with Crippen molar-refractivity contribution in [3.05, 3.63) is 57.4 Å². The Balaban J connectivity index is 1.70. The first-order chi connectivity index (χ1) is 16.8. The van der Waals surface area contributed by atoms with Gasteiger partial charge in [0.1, 0.15) is 5.75 Å². The van der Waals surface area contributed by atoms with Crippen LogP contribution in [-0.4, -0.2) is 56.9 Å². The minimum absolute atomic E-state index is 0.00924. The number of likely N-dealkylation sites (tertiary alicyclic amines) is 1. The van der Waals surface area contributed by atoms with Crippen LogP contribution in [0.2, 0.25) is 0 Å². The van der Waals surface area contributed by atoms with E-state index in [0.29, 0.717) is 17.2 Å². The Bertz CT molecular complexity index is 1400. The molecule has 35 heavy (non-hydrogen) atoms. The highest BCUT2D eigenvalue weighted by Crippen LogP contribution is 2.44. The molecule has 0 unspecified atom stereocenters. The first-order valence-corrected chi connectivity index (χ1v) is 12.3. The van der Waals surface area contributed by atoms with Crippen LogP contribution in [0.1, 0.15) is 35.4 Å². The summed E-state index contributed by atoms with van der Waals surface area (Å²) in [6, 6.07) is 12.7. The average molecular weight is 472 g/mol. The summed E-state index contributed by atoms with van der Waals surface area (Å²) in [6.07, 6.45) is 2.15.